The molecule has 0 saturated heterocycles. The fourth-order valence-electron chi connectivity index (χ4n) is 2.00. The van der Waals surface area contributed by atoms with Crippen LogP contribution in [0.2, 0.25) is 0 Å². The van der Waals surface area contributed by atoms with Gasteiger partial charge in [-0.25, -0.2) is 10.8 Å². The highest BCUT2D eigenvalue weighted by molar-refractivity contribution is 5.93. The zero-order valence-electron chi connectivity index (χ0n) is 9.94. The number of nitrogens with zero attached hydrogens (tertiary/aromatic N) is 1. The van der Waals surface area contributed by atoms with E-state index >= 15 is 0 Å². The summed E-state index contributed by atoms with van der Waals surface area (Å²) in [6, 6.07) is 5.49. The smallest absolute Gasteiger partial charge is 0.270 e. The second-order valence-corrected chi connectivity index (χ2v) is 4.42. The largest absolute Gasteiger partial charge is 0.348 e. The minimum absolute atomic E-state index is 0.120. The first-order valence-corrected chi connectivity index (χ1v) is 5.99. The molecule has 0 radical (unpaired) electrons. The Morgan fingerprint density at radius 2 is 2.41 bits per heavy atom. The van der Waals surface area contributed by atoms with Crippen LogP contribution in [-0.4, -0.2) is 16.9 Å². The molecule has 0 aliphatic heterocycles. The Morgan fingerprint density at radius 1 is 1.59 bits per heavy atom. The van der Waals surface area contributed by atoms with Gasteiger partial charge < -0.3 is 10.7 Å². The zero-order chi connectivity index (χ0) is 12.3. The summed E-state index contributed by atoms with van der Waals surface area (Å²) >= 11 is 0. The molecule has 2 rings (SSSR count). The number of carbonyl (C=O) groups is 1. The van der Waals surface area contributed by atoms with Crippen LogP contribution in [0, 0.1) is 5.92 Å². The van der Waals surface area contributed by atoms with E-state index in [1.54, 1.807) is 18.2 Å². The molecule has 1 amide bonds. The van der Waals surface area contributed by atoms with Crippen molar-refractivity contribution in [1.82, 2.24) is 10.3 Å². The number of nitrogens with one attached hydrogen (secondary N) is 2. The van der Waals surface area contributed by atoms with E-state index in [0.717, 1.165) is 6.42 Å². The maximum absolute atomic E-state index is 11.9. The number of rotatable bonds is 5. The van der Waals surface area contributed by atoms with E-state index in [0.29, 0.717) is 23.5 Å². The standard InChI is InChI=1S/C12H18N4O/c1-2-4-8-7-10(8)15-12(17)9-5-3-6-11(14-9)16-13/h3,5-6,8,10H,2,4,7,13H2,1H3,(H,14,16)(H,15,17). The third-order valence-corrected chi connectivity index (χ3v) is 3.03. The molecule has 1 aliphatic carbocycles. The maximum atomic E-state index is 11.9. The van der Waals surface area contributed by atoms with E-state index in [9.17, 15) is 4.79 Å². The van der Waals surface area contributed by atoms with Gasteiger partial charge in [-0.15, -0.1) is 0 Å². The molecule has 92 valence electrons. The van der Waals surface area contributed by atoms with Crippen molar-refractivity contribution in [3.8, 4) is 0 Å². The number of aromatic nitrogens is 1. The molecule has 4 N–H and O–H groups in total. The van der Waals surface area contributed by atoms with Crippen molar-refractivity contribution in [2.75, 3.05) is 5.43 Å². The zero-order valence-corrected chi connectivity index (χ0v) is 9.94. The highest BCUT2D eigenvalue weighted by atomic mass is 16.2. The van der Waals surface area contributed by atoms with Gasteiger partial charge in [0.25, 0.3) is 5.91 Å². The first-order chi connectivity index (χ1) is 8.24. The summed E-state index contributed by atoms with van der Waals surface area (Å²) in [6.45, 7) is 2.16. The summed E-state index contributed by atoms with van der Waals surface area (Å²) < 4.78 is 0. The fraction of sp³-hybridized carbons (Fsp3) is 0.500. The van der Waals surface area contributed by atoms with Crippen LogP contribution in [0.4, 0.5) is 5.82 Å². The highest BCUT2D eigenvalue weighted by Crippen LogP contribution is 2.34. The summed E-state index contributed by atoms with van der Waals surface area (Å²) in [7, 11) is 0. The van der Waals surface area contributed by atoms with E-state index in [4.69, 9.17) is 5.84 Å². The molecule has 1 heterocycles. The summed E-state index contributed by atoms with van der Waals surface area (Å²) in [5.41, 5.74) is 2.83. The molecule has 1 saturated carbocycles. The minimum atomic E-state index is -0.120. The van der Waals surface area contributed by atoms with Gasteiger partial charge in [-0.05, 0) is 30.9 Å². The maximum Gasteiger partial charge on any atom is 0.270 e. The number of amides is 1. The van der Waals surface area contributed by atoms with E-state index in [1.165, 1.54) is 12.8 Å². The average molecular weight is 234 g/mol. The predicted molar refractivity (Wildman–Crippen MR) is 66.3 cm³/mol. The van der Waals surface area contributed by atoms with E-state index < -0.39 is 0 Å². The van der Waals surface area contributed by atoms with Gasteiger partial charge in [0.2, 0.25) is 0 Å². The SMILES string of the molecule is CCCC1CC1NC(=O)c1cccc(NN)n1. The van der Waals surface area contributed by atoms with Crippen LogP contribution >= 0.6 is 0 Å². The van der Waals surface area contributed by atoms with Crippen LogP contribution in [-0.2, 0) is 0 Å². The summed E-state index contributed by atoms with van der Waals surface area (Å²) in [6.07, 6.45) is 3.44. The molecule has 1 fully saturated rings. The van der Waals surface area contributed by atoms with E-state index in [1.807, 2.05) is 0 Å². The van der Waals surface area contributed by atoms with E-state index in [2.05, 4.69) is 22.7 Å². The van der Waals surface area contributed by atoms with Gasteiger partial charge in [0.05, 0.1) is 0 Å². The lowest BCUT2D eigenvalue weighted by Gasteiger charge is -2.05. The fourth-order valence-corrected chi connectivity index (χ4v) is 2.00. The van der Waals surface area contributed by atoms with Gasteiger partial charge in [-0.3, -0.25) is 4.79 Å². The molecular weight excluding hydrogens is 216 g/mol. The summed E-state index contributed by atoms with van der Waals surface area (Å²) in [5.74, 6) is 6.28. The first-order valence-electron chi connectivity index (χ1n) is 5.99. The van der Waals surface area contributed by atoms with Crippen LogP contribution < -0.4 is 16.6 Å². The lowest BCUT2D eigenvalue weighted by Crippen LogP contribution is -2.28. The second kappa shape index (κ2) is 5.14. The number of pyridine rings is 1. The molecule has 2 unspecified atom stereocenters. The Balaban J connectivity index is 1.91. The Morgan fingerprint density at radius 3 is 3.12 bits per heavy atom. The van der Waals surface area contributed by atoms with Gasteiger partial charge in [-0.2, -0.15) is 0 Å². The van der Waals surface area contributed by atoms with Gasteiger partial charge >= 0.3 is 0 Å². The third kappa shape index (κ3) is 2.94. The predicted octanol–water partition coefficient (Wildman–Crippen LogP) is 1.29. The molecule has 1 aromatic rings. The van der Waals surface area contributed by atoms with Crippen LogP contribution in [0.15, 0.2) is 18.2 Å². The number of anilines is 1. The van der Waals surface area contributed by atoms with Crippen molar-refractivity contribution in [3.05, 3.63) is 23.9 Å². The van der Waals surface area contributed by atoms with Crippen molar-refractivity contribution in [2.45, 2.75) is 32.2 Å². The van der Waals surface area contributed by atoms with Crippen molar-refractivity contribution in [2.24, 2.45) is 11.8 Å². The number of nitrogen functional groups attached to an aromatic ring is 1. The Kier molecular flexibility index (Phi) is 3.58. The average Bonchev–Trinajstić information content (AvgIpc) is 3.08. The molecular formula is C12H18N4O. The first kappa shape index (κ1) is 11.9. The number of hydrogen-bond acceptors (Lipinski definition) is 4. The topological polar surface area (TPSA) is 80.0 Å². The number of nitrogens with two attached hydrogens (primary N) is 1. The quantitative estimate of drug-likeness (QED) is 0.529. The molecule has 0 aromatic carbocycles. The van der Waals surface area contributed by atoms with E-state index in [-0.39, 0.29) is 5.91 Å². The Hall–Kier alpha value is -1.62. The normalized spacial score (nSPS) is 22.0. The molecule has 1 aliphatic rings. The molecule has 5 heteroatoms. The molecule has 0 bridgehead atoms. The molecule has 2 atom stereocenters. The van der Waals surface area contributed by atoms with Crippen molar-refractivity contribution in [3.63, 3.8) is 0 Å². The Labute approximate surface area is 101 Å². The van der Waals surface area contributed by atoms with Crippen LogP contribution in [0.5, 0.6) is 0 Å². The van der Waals surface area contributed by atoms with Crippen LogP contribution in [0.25, 0.3) is 0 Å². The lowest BCUT2D eigenvalue weighted by molar-refractivity contribution is 0.0944. The van der Waals surface area contributed by atoms with Crippen molar-refractivity contribution in [1.29, 1.82) is 0 Å². The summed E-state index contributed by atoms with van der Waals surface area (Å²) in [5, 5.41) is 2.99. The van der Waals surface area contributed by atoms with Crippen LogP contribution in [0.1, 0.15) is 36.7 Å². The number of hydrogen-bond donors (Lipinski definition) is 3. The van der Waals surface area contributed by atoms with Gasteiger partial charge in [0.1, 0.15) is 11.5 Å². The minimum Gasteiger partial charge on any atom is -0.348 e. The van der Waals surface area contributed by atoms with Crippen molar-refractivity contribution < 1.29 is 4.79 Å². The molecule has 0 spiro atoms. The van der Waals surface area contributed by atoms with Gasteiger partial charge in [0, 0.05) is 6.04 Å². The monoisotopic (exact) mass is 234 g/mol. The summed E-state index contributed by atoms with van der Waals surface area (Å²) in [4.78, 5) is 16.0. The highest BCUT2D eigenvalue weighted by Gasteiger charge is 2.37. The number of carbonyl (C=O) groups excluding carboxylic acids is 1. The molecule has 1 aromatic heterocycles. The molecule has 17 heavy (non-hydrogen) atoms. The Bertz CT molecular complexity index is 407. The van der Waals surface area contributed by atoms with Gasteiger partial charge in [-0.1, -0.05) is 19.4 Å². The second-order valence-electron chi connectivity index (χ2n) is 4.42. The lowest BCUT2D eigenvalue weighted by atomic mass is 10.2. The third-order valence-electron chi connectivity index (χ3n) is 3.03. The number of hydrazine groups is 1. The van der Waals surface area contributed by atoms with Crippen LogP contribution in [0.3, 0.4) is 0 Å². The van der Waals surface area contributed by atoms with Gasteiger partial charge in [0.15, 0.2) is 0 Å². The molecule has 5 nitrogen and oxygen atoms in total. The van der Waals surface area contributed by atoms with Crippen molar-refractivity contribution >= 4 is 11.7 Å².